The van der Waals surface area contributed by atoms with E-state index in [9.17, 15) is 14.7 Å². The van der Waals surface area contributed by atoms with Gasteiger partial charge in [-0.25, -0.2) is 0 Å². The van der Waals surface area contributed by atoms with E-state index in [0.29, 0.717) is 5.56 Å². The summed E-state index contributed by atoms with van der Waals surface area (Å²) in [5, 5.41) is 8.60. The highest BCUT2D eigenvalue weighted by Crippen LogP contribution is 2.52. The molecule has 0 radical (unpaired) electrons. The highest BCUT2D eigenvalue weighted by Gasteiger charge is 2.51. The topological polar surface area (TPSA) is 57.6 Å². The zero-order valence-corrected chi connectivity index (χ0v) is 16.2. The summed E-state index contributed by atoms with van der Waals surface area (Å²) in [4.78, 5) is 27.3. The smallest absolute Gasteiger partial charge is 0.316 e. The van der Waals surface area contributed by atoms with Gasteiger partial charge in [-0.15, -0.1) is 11.8 Å². The highest BCUT2D eigenvalue weighted by molar-refractivity contribution is 8.00. The van der Waals surface area contributed by atoms with E-state index in [1.54, 1.807) is 6.92 Å². The lowest BCUT2D eigenvalue weighted by molar-refractivity contribution is -0.136. The van der Waals surface area contributed by atoms with Gasteiger partial charge in [-0.2, -0.15) is 0 Å². The number of likely N-dealkylation sites (tertiary alicyclic amines) is 1. The molecule has 3 unspecified atom stereocenters. The Balaban J connectivity index is 1.86. The van der Waals surface area contributed by atoms with Crippen LogP contribution in [0.1, 0.15) is 57.3 Å². The number of rotatable bonds is 4. The van der Waals surface area contributed by atoms with Crippen LogP contribution in [0.5, 0.6) is 0 Å². The summed E-state index contributed by atoms with van der Waals surface area (Å²) >= 11 is 1.24. The van der Waals surface area contributed by atoms with E-state index in [4.69, 9.17) is 0 Å². The maximum atomic E-state index is 13.3. The molecule has 1 heterocycles. The van der Waals surface area contributed by atoms with Gasteiger partial charge in [0.15, 0.2) is 0 Å². The van der Waals surface area contributed by atoms with Crippen LogP contribution in [0.3, 0.4) is 0 Å². The molecule has 1 aliphatic heterocycles. The first-order valence-electron chi connectivity index (χ1n) is 8.90. The van der Waals surface area contributed by atoms with E-state index < -0.39 is 11.2 Å². The molecule has 0 aromatic heterocycles. The van der Waals surface area contributed by atoms with Crippen LogP contribution in [0.25, 0.3) is 0 Å². The molecule has 0 spiro atoms. The van der Waals surface area contributed by atoms with Crippen molar-refractivity contribution in [3.63, 3.8) is 0 Å². The molecule has 1 aromatic rings. The Morgan fingerprint density at radius 3 is 2.60 bits per heavy atom. The normalized spacial score (nSPS) is 28.6. The number of aliphatic carboxylic acids is 1. The Morgan fingerprint density at radius 2 is 1.92 bits per heavy atom. The number of nitrogens with zero attached hydrogens (tertiary/aromatic N) is 1. The fourth-order valence-electron chi connectivity index (χ4n) is 4.84. The molecule has 4 nitrogen and oxygen atoms in total. The van der Waals surface area contributed by atoms with Gasteiger partial charge in [-0.3, -0.25) is 9.59 Å². The lowest BCUT2D eigenvalue weighted by Crippen LogP contribution is -2.38. The monoisotopic (exact) mass is 361 g/mol. The number of carbonyl (C=O) groups is 2. The molecule has 1 amide bonds. The molecule has 25 heavy (non-hydrogen) atoms. The molecule has 5 heteroatoms. The number of carboxylic acids is 1. The second-order valence-corrected chi connectivity index (χ2v) is 10.1. The van der Waals surface area contributed by atoms with Crippen LogP contribution in [-0.4, -0.2) is 39.7 Å². The molecule has 3 rings (SSSR count). The molecule has 2 aliphatic rings. The van der Waals surface area contributed by atoms with Gasteiger partial charge in [0.05, 0.1) is 5.56 Å². The first-order chi connectivity index (χ1) is 11.6. The summed E-state index contributed by atoms with van der Waals surface area (Å²) in [5.74, 6) is -0.814. The van der Waals surface area contributed by atoms with Gasteiger partial charge in [0.1, 0.15) is 5.25 Å². The SMILES string of the molecule is CC(Sc1ccccc1C(=O)N1CC2(C)CC1CC(C)(C)C2)C(=O)O. The minimum atomic E-state index is -0.862. The standard InChI is InChI=1S/C20H27NO3S/c1-13(18(23)24)25-16-8-6-5-7-15(16)17(22)21-12-20(4)10-14(21)9-19(2,3)11-20/h5-8,13-14H,9-12H2,1-4H3,(H,23,24). The van der Waals surface area contributed by atoms with Crippen molar-refractivity contribution >= 4 is 23.6 Å². The number of amides is 1. The molecular weight excluding hydrogens is 334 g/mol. The first kappa shape index (κ1) is 18.3. The maximum absolute atomic E-state index is 13.3. The van der Waals surface area contributed by atoms with Gasteiger partial charge >= 0.3 is 5.97 Å². The van der Waals surface area contributed by atoms with Crippen LogP contribution in [0, 0.1) is 10.8 Å². The van der Waals surface area contributed by atoms with E-state index in [1.807, 2.05) is 29.2 Å². The summed E-state index contributed by atoms with van der Waals surface area (Å²) in [5.41, 5.74) is 1.09. The summed E-state index contributed by atoms with van der Waals surface area (Å²) in [6.45, 7) is 9.34. The second kappa shape index (κ2) is 6.35. The molecule has 1 saturated heterocycles. The molecule has 1 aliphatic carbocycles. The number of carbonyl (C=O) groups excluding carboxylic acids is 1. The zero-order chi connectivity index (χ0) is 18.4. The number of thioether (sulfide) groups is 1. The first-order valence-corrected chi connectivity index (χ1v) is 9.78. The molecule has 1 N–H and O–H groups in total. The largest absolute Gasteiger partial charge is 0.480 e. The third kappa shape index (κ3) is 3.71. The van der Waals surface area contributed by atoms with Crippen LogP contribution in [0.2, 0.25) is 0 Å². The van der Waals surface area contributed by atoms with Crippen molar-refractivity contribution in [2.45, 2.75) is 63.1 Å². The number of fused-ring (bicyclic) bond motifs is 2. The van der Waals surface area contributed by atoms with Crippen molar-refractivity contribution < 1.29 is 14.7 Å². The molecular formula is C20H27NO3S. The second-order valence-electron chi connectivity index (χ2n) is 8.74. The Bertz CT molecular complexity index is 702. The van der Waals surface area contributed by atoms with E-state index in [2.05, 4.69) is 20.8 Å². The lowest BCUT2D eigenvalue weighted by Gasteiger charge is -2.39. The van der Waals surface area contributed by atoms with Crippen LogP contribution in [0.4, 0.5) is 0 Å². The Kier molecular flexibility index (Phi) is 4.65. The minimum Gasteiger partial charge on any atom is -0.480 e. The van der Waals surface area contributed by atoms with Crippen molar-refractivity contribution in [3.8, 4) is 0 Å². The number of carboxylic acid groups (broad SMARTS) is 1. The average molecular weight is 362 g/mol. The van der Waals surface area contributed by atoms with E-state index in [-0.39, 0.29) is 22.8 Å². The average Bonchev–Trinajstić information content (AvgIpc) is 2.76. The van der Waals surface area contributed by atoms with Gasteiger partial charge in [-0.05, 0) is 49.1 Å². The molecule has 1 aromatic carbocycles. The van der Waals surface area contributed by atoms with Gasteiger partial charge in [0.2, 0.25) is 0 Å². The molecule has 2 bridgehead atoms. The quantitative estimate of drug-likeness (QED) is 0.813. The van der Waals surface area contributed by atoms with Crippen molar-refractivity contribution in [2.75, 3.05) is 6.54 Å². The van der Waals surface area contributed by atoms with Crippen LogP contribution >= 0.6 is 11.8 Å². The molecule has 1 saturated carbocycles. The Labute approximate surface area is 154 Å². The van der Waals surface area contributed by atoms with Crippen molar-refractivity contribution in [1.29, 1.82) is 0 Å². The highest BCUT2D eigenvalue weighted by atomic mass is 32.2. The fraction of sp³-hybridized carbons (Fsp3) is 0.600. The van der Waals surface area contributed by atoms with Crippen LogP contribution in [-0.2, 0) is 4.79 Å². The predicted octanol–water partition coefficient (Wildman–Crippen LogP) is 4.29. The van der Waals surface area contributed by atoms with Gasteiger partial charge in [0.25, 0.3) is 5.91 Å². The summed E-state index contributed by atoms with van der Waals surface area (Å²) in [6, 6.07) is 7.69. The van der Waals surface area contributed by atoms with E-state index in [0.717, 1.165) is 30.7 Å². The summed E-state index contributed by atoms with van der Waals surface area (Å²) in [7, 11) is 0. The molecule has 3 atom stereocenters. The third-order valence-electron chi connectivity index (χ3n) is 5.44. The van der Waals surface area contributed by atoms with Crippen molar-refractivity contribution in [3.05, 3.63) is 29.8 Å². The van der Waals surface area contributed by atoms with Gasteiger partial charge in [-0.1, -0.05) is 32.9 Å². The molecule has 2 fully saturated rings. The fourth-order valence-corrected chi connectivity index (χ4v) is 5.76. The van der Waals surface area contributed by atoms with Crippen molar-refractivity contribution in [1.82, 2.24) is 4.90 Å². The third-order valence-corrected chi connectivity index (χ3v) is 6.61. The van der Waals surface area contributed by atoms with E-state index in [1.165, 1.54) is 11.8 Å². The summed E-state index contributed by atoms with van der Waals surface area (Å²) in [6.07, 6.45) is 3.25. The minimum absolute atomic E-state index is 0.0483. The van der Waals surface area contributed by atoms with Gasteiger partial charge in [0, 0.05) is 17.5 Å². The molecule has 136 valence electrons. The summed E-state index contributed by atoms with van der Waals surface area (Å²) < 4.78 is 0. The van der Waals surface area contributed by atoms with E-state index >= 15 is 0 Å². The predicted molar refractivity (Wildman–Crippen MR) is 100.0 cm³/mol. The Morgan fingerprint density at radius 1 is 1.24 bits per heavy atom. The Hall–Kier alpha value is -1.49. The lowest BCUT2D eigenvalue weighted by atomic mass is 9.65. The number of hydrogen-bond acceptors (Lipinski definition) is 3. The maximum Gasteiger partial charge on any atom is 0.316 e. The number of benzene rings is 1. The van der Waals surface area contributed by atoms with Crippen LogP contribution < -0.4 is 0 Å². The number of hydrogen-bond donors (Lipinski definition) is 1. The van der Waals surface area contributed by atoms with Crippen LogP contribution in [0.15, 0.2) is 29.2 Å². The zero-order valence-electron chi connectivity index (χ0n) is 15.4. The van der Waals surface area contributed by atoms with Gasteiger partial charge < -0.3 is 10.0 Å². The van der Waals surface area contributed by atoms with Crippen molar-refractivity contribution in [2.24, 2.45) is 10.8 Å².